The molecule has 1 atom stereocenters. The molecule has 2 amide bonds. The number of rotatable bonds is 7. The van der Waals surface area contributed by atoms with Crippen molar-refractivity contribution in [3.8, 4) is 5.75 Å². The summed E-state index contributed by atoms with van der Waals surface area (Å²) in [5.41, 5.74) is 0.598. The van der Waals surface area contributed by atoms with E-state index in [1.54, 1.807) is 12.1 Å². The summed E-state index contributed by atoms with van der Waals surface area (Å²) in [5.74, 6) is -0.859. The third-order valence-corrected chi connectivity index (χ3v) is 3.29. The van der Waals surface area contributed by atoms with Gasteiger partial charge < -0.3 is 15.5 Å². The number of aromatic hydroxyl groups is 1. The van der Waals surface area contributed by atoms with Gasteiger partial charge in [0, 0.05) is 31.3 Å². The molecule has 3 N–H and O–H groups in total. The molecular formula is C15H22N2O4. The number of carbonyl (C=O) groups is 2. The Morgan fingerprint density at radius 2 is 2.05 bits per heavy atom. The first-order chi connectivity index (χ1) is 9.97. The number of nitrogens with one attached hydrogen (secondary N) is 1. The summed E-state index contributed by atoms with van der Waals surface area (Å²) in [7, 11) is 0. The van der Waals surface area contributed by atoms with Crippen LogP contribution < -0.4 is 10.2 Å². The highest BCUT2D eigenvalue weighted by Crippen LogP contribution is 2.20. The molecule has 116 valence electrons. The maximum atomic E-state index is 12.2. The number of benzene rings is 1. The zero-order valence-corrected chi connectivity index (χ0v) is 12.4. The molecule has 21 heavy (non-hydrogen) atoms. The third-order valence-electron chi connectivity index (χ3n) is 3.29. The topological polar surface area (TPSA) is 89.9 Å². The molecular weight excluding hydrogens is 272 g/mol. The summed E-state index contributed by atoms with van der Waals surface area (Å²) < 4.78 is 0. The van der Waals surface area contributed by atoms with Crippen LogP contribution in [0.1, 0.15) is 26.7 Å². The zero-order chi connectivity index (χ0) is 15.8. The predicted octanol–water partition coefficient (Wildman–Crippen LogP) is 2.43. The van der Waals surface area contributed by atoms with Gasteiger partial charge in [0.15, 0.2) is 0 Å². The SMILES string of the molecule is CCC(CNC(=O)N(CC)c1cccc(O)c1)CC(=O)O. The van der Waals surface area contributed by atoms with Gasteiger partial charge in [-0.05, 0) is 25.0 Å². The lowest BCUT2D eigenvalue weighted by atomic mass is 10.0. The predicted molar refractivity (Wildman–Crippen MR) is 80.6 cm³/mol. The zero-order valence-electron chi connectivity index (χ0n) is 12.4. The molecule has 0 aliphatic heterocycles. The summed E-state index contributed by atoms with van der Waals surface area (Å²) in [5, 5.41) is 21.0. The van der Waals surface area contributed by atoms with Crippen molar-refractivity contribution in [2.24, 2.45) is 5.92 Å². The number of anilines is 1. The molecule has 6 nitrogen and oxygen atoms in total. The van der Waals surface area contributed by atoms with Crippen molar-refractivity contribution in [3.63, 3.8) is 0 Å². The minimum Gasteiger partial charge on any atom is -0.508 e. The van der Waals surface area contributed by atoms with Crippen LogP contribution in [0.25, 0.3) is 0 Å². The molecule has 1 unspecified atom stereocenters. The maximum Gasteiger partial charge on any atom is 0.321 e. The first-order valence-corrected chi connectivity index (χ1v) is 7.04. The van der Waals surface area contributed by atoms with E-state index in [9.17, 15) is 14.7 Å². The first kappa shape index (κ1) is 16.8. The minimum absolute atomic E-state index is 0.0367. The highest BCUT2D eigenvalue weighted by molar-refractivity contribution is 5.92. The molecule has 1 aromatic carbocycles. The Labute approximate surface area is 124 Å². The lowest BCUT2D eigenvalue weighted by Gasteiger charge is -2.23. The van der Waals surface area contributed by atoms with Crippen molar-refractivity contribution < 1.29 is 19.8 Å². The number of urea groups is 1. The molecule has 0 spiro atoms. The number of hydrogen-bond acceptors (Lipinski definition) is 3. The van der Waals surface area contributed by atoms with Crippen LogP contribution in [0, 0.1) is 5.92 Å². The van der Waals surface area contributed by atoms with Crippen LogP contribution in [-0.2, 0) is 4.79 Å². The van der Waals surface area contributed by atoms with E-state index < -0.39 is 5.97 Å². The molecule has 0 aliphatic rings. The van der Waals surface area contributed by atoms with E-state index in [-0.39, 0.29) is 24.1 Å². The van der Waals surface area contributed by atoms with Gasteiger partial charge in [-0.15, -0.1) is 0 Å². The van der Waals surface area contributed by atoms with Crippen molar-refractivity contribution in [2.45, 2.75) is 26.7 Å². The van der Waals surface area contributed by atoms with Crippen molar-refractivity contribution in [3.05, 3.63) is 24.3 Å². The molecule has 1 rings (SSSR count). The van der Waals surface area contributed by atoms with Gasteiger partial charge in [-0.1, -0.05) is 19.4 Å². The van der Waals surface area contributed by atoms with Gasteiger partial charge in [-0.3, -0.25) is 9.69 Å². The highest BCUT2D eigenvalue weighted by atomic mass is 16.4. The van der Waals surface area contributed by atoms with Gasteiger partial charge in [0.2, 0.25) is 0 Å². The number of aliphatic carboxylic acids is 1. The van der Waals surface area contributed by atoms with E-state index in [0.29, 0.717) is 25.2 Å². The fourth-order valence-corrected chi connectivity index (χ4v) is 2.04. The number of amides is 2. The Morgan fingerprint density at radius 1 is 1.33 bits per heavy atom. The second-order valence-electron chi connectivity index (χ2n) is 4.82. The molecule has 0 aromatic heterocycles. The van der Waals surface area contributed by atoms with E-state index in [1.165, 1.54) is 17.0 Å². The summed E-state index contributed by atoms with van der Waals surface area (Å²) in [6.07, 6.45) is 0.722. The minimum atomic E-state index is -0.864. The van der Waals surface area contributed by atoms with Gasteiger partial charge in [0.25, 0.3) is 0 Å². The molecule has 0 bridgehead atoms. The molecule has 0 radical (unpaired) electrons. The van der Waals surface area contributed by atoms with Gasteiger partial charge in [0.1, 0.15) is 5.75 Å². The normalized spacial score (nSPS) is 11.7. The Kier molecular flexibility index (Phi) is 6.52. The molecule has 0 saturated carbocycles. The largest absolute Gasteiger partial charge is 0.508 e. The van der Waals surface area contributed by atoms with E-state index in [0.717, 1.165) is 0 Å². The quantitative estimate of drug-likeness (QED) is 0.720. The van der Waals surface area contributed by atoms with Gasteiger partial charge >= 0.3 is 12.0 Å². The number of carboxylic acids is 1. The molecule has 1 aromatic rings. The average Bonchev–Trinajstić information content (AvgIpc) is 2.44. The first-order valence-electron chi connectivity index (χ1n) is 7.04. The third kappa shape index (κ3) is 5.33. The Hall–Kier alpha value is -2.24. The number of carboxylic acid groups (broad SMARTS) is 1. The smallest absolute Gasteiger partial charge is 0.321 e. The lowest BCUT2D eigenvalue weighted by molar-refractivity contribution is -0.138. The van der Waals surface area contributed by atoms with Crippen LogP contribution in [-0.4, -0.2) is 35.3 Å². The van der Waals surface area contributed by atoms with Crippen molar-refractivity contribution >= 4 is 17.7 Å². The van der Waals surface area contributed by atoms with Gasteiger partial charge in [-0.25, -0.2) is 4.79 Å². The molecule has 0 saturated heterocycles. The van der Waals surface area contributed by atoms with Crippen molar-refractivity contribution in [2.75, 3.05) is 18.0 Å². The Balaban J connectivity index is 2.65. The second-order valence-corrected chi connectivity index (χ2v) is 4.82. The molecule has 0 aliphatic carbocycles. The number of phenolic OH excluding ortho intramolecular Hbond substituents is 1. The van der Waals surface area contributed by atoms with Crippen molar-refractivity contribution in [1.82, 2.24) is 5.32 Å². The highest BCUT2D eigenvalue weighted by Gasteiger charge is 2.17. The monoisotopic (exact) mass is 294 g/mol. The Morgan fingerprint density at radius 3 is 2.57 bits per heavy atom. The average molecular weight is 294 g/mol. The van der Waals surface area contributed by atoms with E-state index in [4.69, 9.17) is 5.11 Å². The fraction of sp³-hybridized carbons (Fsp3) is 0.467. The summed E-state index contributed by atoms with van der Waals surface area (Å²) in [4.78, 5) is 24.4. The lowest BCUT2D eigenvalue weighted by Crippen LogP contribution is -2.42. The van der Waals surface area contributed by atoms with Crippen LogP contribution in [0.5, 0.6) is 5.75 Å². The van der Waals surface area contributed by atoms with Crippen LogP contribution in [0.4, 0.5) is 10.5 Å². The van der Waals surface area contributed by atoms with Crippen LogP contribution in [0.2, 0.25) is 0 Å². The molecule has 0 fully saturated rings. The summed E-state index contributed by atoms with van der Waals surface area (Å²) >= 11 is 0. The Bertz CT molecular complexity index is 490. The van der Waals surface area contributed by atoms with Crippen molar-refractivity contribution in [1.29, 1.82) is 0 Å². The number of carbonyl (C=O) groups excluding carboxylic acids is 1. The standard InChI is InChI=1S/C15H22N2O4/c1-3-11(8-14(19)20)10-16-15(21)17(4-2)12-6-5-7-13(18)9-12/h5-7,9,11,18H,3-4,8,10H2,1-2H3,(H,16,21)(H,19,20). The summed E-state index contributed by atoms with van der Waals surface area (Å²) in [6, 6.07) is 6.15. The van der Waals surface area contributed by atoms with E-state index in [1.807, 2.05) is 13.8 Å². The van der Waals surface area contributed by atoms with Crippen LogP contribution in [0.15, 0.2) is 24.3 Å². The van der Waals surface area contributed by atoms with E-state index >= 15 is 0 Å². The van der Waals surface area contributed by atoms with Crippen LogP contribution in [0.3, 0.4) is 0 Å². The molecule has 0 heterocycles. The van der Waals surface area contributed by atoms with Crippen LogP contribution >= 0.6 is 0 Å². The second kappa shape index (κ2) is 8.14. The number of nitrogens with zero attached hydrogens (tertiary/aromatic N) is 1. The number of hydrogen-bond donors (Lipinski definition) is 3. The van der Waals surface area contributed by atoms with E-state index in [2.05, 4.69) is 5.32 Å². The number of phenols is 1. The summed E-state index contributed by atoms with van der Waals surface area (Å²) in [6.45, 7) is 4.49. The fourth-order valence-electron chi connectivity index (χ4n) is 2.04. The molecule has 6 heteroatoms. The maximum absolute atomic E-state index is 12.2. The van der Waals surface area contributed by atoms with Gasteiger partial charge in [-0.2, -0.15) is 0 Å². The van der Waals surface area contributed by atoms with Gasteiger partial charge in [0.05, 0.1) is 0 Å².